The maximum Gasteiger partial charge on any atom is 0.483 e. The Morgan fingerprint density at radius 2 is 1.63 bits per heavy atom. The van der Waals surface area contributed by atoms with Crippen molar-refractivity contribution in [3.8, 4) is 0 Å². The van der Waals surface area contributed by atoms with E-state index < -0.39 is 42.1 Å². The van der Waals surface area contributed by atoms with Crippen molar-refractivity contribution in [3.63, 3.8) is 0 Å². The van der Waals surface area contributed by atoms with Crippen molar-refractivity contribution in [1.29, 1.82) is 0 Å². The molecular formula is C21H34N5O8P. The van der Waals surface area contributed by atoms with Gasteiger partial charge in [0.05, 0.1) is 29.8 Å². The minimum absolute atomic E-state index is 0.177. The highest BCUT2D eigenvalue weighted by atomic mass is 31.2. The summed E-state index contributed by atoms with van der Waals surface area (Å²) in [4.78, 5) is 48.6. The molecule has 0 bridgehead atoms. The molecule has 2 atom stereocenters. The fourth-order valence-corrected chi connectivity index (χ4v) is 3.52. The number of fused-ring (bicyclic) bond motifs is 1. The summed E-state index contributed by atoms with van der Waals surface area (Å²) in [5.74, 6) is -1.73. The molecule has 2 heterocycles. The number of hydrogen-bond acceptors (Lipinski definition) is 11. The van der Waals surface area contributed by atoms with Crippen molar-refractivity contribution in [3.05, 3.63) is 12.7 Å². The summed E-state index contributed by atoms with van der Waals surface area (Å²) in [5.41, 5.74) is 1.30. The van der Waals surface area contributed by atoms with Crippen LogP contribution in [0, 0.1) is 10.8 Å². The lowest BCUT2D eigenvalue weighted by Crippen LogP contribution is -2.48. The Hall–Kier alpha value is -2.60. The van der Waals surface area contributed by atoms with Gasteiger partial charge in [-0.2, -0.15) is 0 Å². The predicted molar refractivity (Wildman–Crippen MR) is 126 cm³/mol. The fraction of sp³-hybridized carbons (Fsp3) is 0.667. The molecular weight excluding hydrogens is 481 g/mol. The number of ether oxygens (including phenoxy) is 3. The lowest BCUT2D eigenvalue weighted by Gasteiger charge is -2.37. The van der Waals surface area contributed by atoms with Crippen LogP contribution in [-0.4, -0.2) is 55.8 Å². The Morgan fingerprint density at radius 3 is 2.09 bits per heavy atom. The zero-order chi connectivity index (χ0) is 26.8. The highest BCUT2D eigenvalue weighted by Gasteiger charge is 2.61. The van der Waals surface area contributed by atoms with E-state index in [1.54, 1.807) is 4.57 Å². The molecule has 2 unspecified atom stereocenters. The van der Waals surface area contributed by atoms with E-state index >= 15 is 0 Å². The van der Waals surface area contributed by atoms with E-state index in [4.69, 9.17) is 24.5 Å². The Balaban J connectivity index is 2.54. The SMILES string of the molecule is CCC(COC(OC(=O)C(C)(C)C)(OC(=O)C(C)(C)C)P(=O)(O)OC)n1cnc2c(N)ncnc21. The third kappa shape index (κ3) is 6.16. The van der Waals surface area contributed by atoms with Crippen molar-refractivity contribution in [2.45, 2.75) is 66.6 Å². The molecule has 0 saturated heterocycles. The average molecular weight is 516 g/mol. The molecule has 0 radical (unpaired) electrons. The molecule has 196 valence electrons. The molecule has 13 nitrogen and oxygen atoms in total. The van der Waals surface area contributed by atoms with Crippen LogP contribution in [0.5, 0.6) is 0 Å². The summed E-state index contributed by atoms with van der Waals surface area (Å²) in [7, 11) is -4.13. The predicted octanol–water partition coefficient (Wildman–Crippen LogP) is 3.00. The average Bonchev–Trinajstić information content (AvgIpc) is 3.18. The third-order valence-electron chi connectivity index (χ3n) is 4.97. The highest BCUT2D eigenvalue weighted by Crippen LogP contribution is 2.58. The zero-order valence-electron chi connectivity index (χ0n) is 21.3. The van der Waals surface area contributed by atoms with E-state index in [1.165, 1.54) is 54.2 Å². The van der Waals surface area contributed by atoms with E-state index in [-0.39, 0.29) is 12.4 Å². The molecule has 2 aromatic rings. The number of nitrogens with two attached hydrogens (primary N) is 1. The summed E-state index contributed by atoms with van der Waals surface area (Å²) in [5, 5.41) is 0. The maximum atomic E-state index is 13.2. The largest absolute Gasteiger partial charge is 0.483 e. The molecule has 0 aliphatic rings. The van der Waals surface area contributed by atoms with Crippen molar-refractivity contribution in [2.75, 3.05) is 19.5 Å². The summed E-state index contributed by atoms with van der Waals surface area (Å²) in [6.07, 6.45) is 3.16. The first kappa shape index (κ1) is 28.6. The normalized spacial score (nSPS) is 15.5. The van der Waals surface area contributed by atoms with Gasteiger partial charge < -0.3 is 29.2 Å². The van der Waals surface area contributed by atoms with Crippen molar-refractivity contribution >= 4 is 36.5 Å². The molecule has 0 aliphatic carbocycles. The number of hydrogen-bond donors (Lipinski definition) is 2. The van der Waals surface area contributed by atoms with Gasteiger partial charge in [-0.25, -0.2) is 19.5 Å². The third-order valence-corrected chi connectivity index (χ3v) is 6.47. The lowest BCUT2D eigenvalue weighted by molar-refractivity contribution is -0.312. The number of imidazole rings is 1. The number of rotatable bonds is 9. The van der Waals surface area contributed by atoms with Crippen LogP contribution in [-0.2, 0) is 32.9 Å². The van der Waals surface area contributed by atoms with Crippen LogP contribution >= 0.6 is 7.60 Å². The number of carbonyl (C=O) groups is 2. The van der Waals surface area contributed by atoms with Crippen LogP contribution < -0.4 is 5.73 Å². The van der Waals surface area contributed by atoms with Gasteiger partial charge in [0.2, 0.25) is 0 Å². The number of anilines is 1. The van der Waals surface area contributed by atoms with Crippen molar-refractivity contribution < 1.29 is 37.8 Å². The van der Waals surface area contributed by atoms with Crippen LogP contribution in [0.1, 0.15) is 60.9 Å². The number of aromatic nitrogens is 4. The zero-order valence-corrected chi connectivity index (χ0v) is 22.2. The van der Waals surface area contributed by atoms with Gasteiger partial charge in [-0.05, 0) is 48.0 Å². The minimum atomic E-state index is -5.04. The summed E-state index contributed by atoms with van der Waals surface area (Å²) in [6, 6.07) is -0.549. The van der Waals surface area contributed by atoms with Crippen molar-refractivity contribution in [1.82, 2.24) is 19.5 Å². The molecule has 14 heteroatoms. The second-order valence-corrected chi connectivity index (χ2v) is 11.9. The second-order valence-electron chi connectivity index (χ2n) is 9.96. The van der Waals surface area contributed by atoms with E-state index in [0.29, 0.717) is 17.6 Å². The first-order valence-electron chi connectivity index (χ1n) is 10.9. The van der Waals surface area contributed by atoms with E-state index in [0.717, 1.165) is 7.11 Å². The van der Waals surface area contributed by atoms with Crippen LogP contribution in [0.2, 0.25) is 0 Å². The number of nitrogen functional groups attached to an aromatic ring is 1. The lowest BCUT2D eigenvalue weighted by atomic mass is 9.97. The number of carbonyl (C=O) groups excluding carboxylic acids is 2. The standard InChI is InChI=1S/C21H34N5O8P/c1-9-13(26-12-25-14-15(22)23-11-24-16(14)26)10-32-21(35(29,30)31-8,33-17(27)19(2,3)4)34-18(28)20(5,6)7/h11-13H,9-10H2,1-8H3,(H,29,30)(H2,22,23,24). The molecule has 0 saturated carbocycles. The molecule has 3 N–H and O–H groups in total. The van der Waals surface area contributed by atoms with Gasteiger partial charge in [0, 0.05) is 7.11 Å². The van der Waals surface area contributed by atoms with Crippen LogP contribution in [0.3, 0.4) is 0 Å². The van der Waals surface area contributed by atoms with Gasteiger partial charge in [-0.15, -0.1) is 0 Å². The molecule has 0 amide bonds. The second kappa shape index (κ2) is 10.2. The first-order chi connectivity index (χ1) is 16.0. The molecule has 2 rings (SSSR count). The van der Waals surface area contributed by atoms with E-state index in [9.17, 15) is 19.0 Å². The summed E-state index contributed by atoms with van der Waals surface area (Å²) in [6.45, 7) is 10.6. The quantitative estimate of drug-likeness (QED) is 0.284. The molecule has 2 aromatic heterocycles. The Kier molecular flexibility index (Phi) is 8.33. The number of esters is 2. The van der Waals surface area contributed by atoms with Gasteiger partial charge in [0.25, 0.3) is 0 Å². The van der Waals surface area contributed by atoms with Crippen LogP contribution in [0.4, 0.5) is 5.82 Å². The van der Waals surface area contributed by atoms with Gasteiger partial charge in [-0.3, -0.25) is 14.3 Å². The molecule has 0 fully saturated rings. The van der Waals surface area contributed by atoms with E-state index in [1.807, 2.05) is 6.92 Å². The van der Waals surface area contributed by atoms with Crippen molar-refractivity contribution in [2.24, 2.45) is 10.8 Å². The Labute approximate surface area is 203 Å². The maximum absolute atomic E-state index is 13.2. The Morgan fingerprint density at radius 1 is 1.09 bits per heavy atom. The van der Waals surface area contributed by atoms with Gasteiger partial charge in [0.15, 0.2) is 11.5 Å². The van der Waals surface area contributed by atoms with Gasteiger partial charge in [-0.1, -0.05) is 6.92 Å². The Bertz CT molecular complexity index is 1090. The smallest absolute Gasteiger partial charge is 0.388 e. The van der Waals surface area contributed by atoms with Gasteiger partial charge in [0.1, 0.15) is 11.8 Å². The minimum Gasteiger partial charge on any atom is -0.388 e. The molecule has 0 aromatic carbocycles. The molecule has 35 heavy (non-hydrogen) atoms. The first-order valence-corrected chi connectivity index (χ1v) is 12.5. The molecule has 0 spiro atoms. The topological polar surface area (TPSA) is 178 Å². The van der Waals surface area contributed by atoms with Gasteiger partial charge >= 0.3 is 25.2 Å². The molecule has 0 aliphatic heterocycles. The summed E-state index contributed by atoms with van der Waals surface area (Å²) < 4.78 is 35.9. The highest BCUT2D eigenvalue weighted by molar-refractivity contribution is 7.54. The number of nitrogens with zero attached hydrogens (tertiary/aromatic N) is 4. The monoisotopic (exact) mass is 515 g/mol. The van der Waals surface area contributed by atoms with Crippen LogP contribution in [0.25, 0.3) is 11.2 Å². The summed E-state index contributed by atoms with van der Waals surface area (Å²) >= 11 is 0. The van der Waals surface area contributed by atoms with E-state index in [2.05, 4.69) is 15.0 Å². The fourth-order valence-electron chi connectivity index (χ4n) is 2.66. The van der Waals surface area contributed by atoms with Crippen LogP contribution in [0.15, 0.2) is 12.7 Å².